The molecule has 0 fully saturated rings. The second-order valence-corrected chi connectivity index (χ2v) is 7.35. The van der Waals surface area contributed by atoms with Crippen LogP contribution in [0.4, 0.5) is 0 Å². The van der Waals surface area contributed by atoms with E-state index in [2.05, 4.69) is 5.92 Å². The monoisotopic (exact) mass is 341 g/mol. The highest BCUT2D eigenvalue weighted by Crippen LogP contribution is 2.20. The number of hydrogen-bond acceptors (Lipinski definition) is 3. The number of carbonyl (C=O) groups is 1. The van der Waals surface area contributed by atoms with Crippen LogP contribution >= 0.6 is 0 Å². The highest BCUT2D eigenvalue weighted by Gasteiger charge is 2.30. The molecule has 0 amide bonds. The van der Waals surface area contributed by atoms with Crippen molar-refractivity contribution in [2.75, 3.05) is 6.54 Å². The summed E-state index contributed by atoms with van der Waals surface area (Å²) in [4.78, 5) is 11.7. The minimum Gasteiger partial charge on any atom is -0.302 e. The third-order valence-corrected chi connectivity index (χ3v) is 5.57. The van der Waals surface area contributed by atoms with Crippen LogP contribution in [0.15, 0.2) is 59.5 Å². The van der Waals surface area contributed by atoms with Crippen molar-refractivity contribution in [3.05, 3.63) is 65.7 Å². The fourth-order valence-corrected chi connectivity index (χ4v) is 3.87. The average Bonchev–Trinajstić information content (AvgIpc) is 2.59. The lowest BCUT2D eigenvalue weighted by Gasteiger charge is -2.25. The fraction of sp³-hybridized carbons (Fsp3) is 0.211. The third kappa shape index (κ3) is 4.10. The second-order valence-electron chi connectivity index (χ2n) is 5.46. The maximum absolute atomic E-state index is 12.9. The minimum absolute atomic E-state index is 0.128. The summed E-state index contributed by atoms with van der Waals surface area (Å²) in [5, 5.41) is 0. The summed E-state index contributed by atoms with van der Waals surface area (Å²) in [6.07, 6.45) is 6.25. The number of nitrogens with zero attached hydrogens (tertiary/aromatic N) is 1. The lowest BCUT2D eigenvalue weighted by molar-refractivity contribution is -0.110. The van der Waals surface area contributed by atoms with Gasteiger partial charge in [0.15, 0.2) is 0 Å². The van der Waals surface area contributed by atoms with E-state index in [1.54, 1.807) is 12.1 Å². The average molecular weight is 341 g/mol. The molecule has 0 N–H and O–H groups in total. The molecular weight excluding hydrogens is 322 g/mol. The molecule has 0 aromatic heterocycles. The molecule has 5 heteroatoms. The van der Waals surface area contributed by atoms with Crippen molar-refractivity contribution in [1.82, 2.24) is 4.31 Å². The summed E-state index contributed by atoms with van der Waals surface area (Å²) < 4.78 is 26.9. The molecule has 0 saturated carbocycles. The van der Waals surface area contributed by atoms with Gasteiger partial charge in [-0.05, 0) is 31.0 Å². The van der Waals surface area contributed by atoms with Crippen LogP contribution in [-0.4, -0.2) is 31.6 Å². The van der Waals surface area contributed by atoms with Gasteiger partial charge in [0.1, 0.15) is 6.29 Å². The molecule has 0 aliphatic carbocycles. The number of hydrogen-bond donors (Lipinski definition) is 0. The van der Waals surface area contributed by atoms with Crippen molar-refractivity contribution >= 4 is 16.3 Å². The summed E-state index contributed by atoms with van der Waals surface area (Å²) in [6.45, 7) is 1.71. The highest BCUT2D eigenvalue weighted by atomic mass is 32.2. The number of terminal acetylenes is 1. The lowest BCUT2D eigenvalue weighted by atomic mass is 10.1. The van der Waals surface area contributed by atoms with Gasteiger partial charge in [0.25, 0.3) is 0 Å². The number of aldehydes is 1. The van der Waals surface area contributed by atoms with E-state index in [1.807, 2.05) is 37.3 Å². The molecule has 1 atom stereocenters. The molecular formula is C19H19NO3S. The maximum atomic E-state index is 12.9. The molecule has 0 aliphatic rings. The zero-order valence-corrected chi connectivity index (χ0v) is 14.2. The van der Waals surface area contributed by atoms with E-state index in [-0.39, 0.29) is 17.9 Å². The second kappa shape index (κ2) is 7.91. The Morgan fingerprint density at radius 2 is 1.75 bits per heavy atom. The molecule has 0 bridgehead atoms. The lowest BCUT2D eigenvalue weighted by Crippen LogP contribution is -2.42. The summed E-state index contributed by atoms with van der Waals surface area (Å²) in [6, 6.07) is 14.9. The molecule has 2 aromatic carbocycles. The number of sulfonamides is 1. The van der Waals surface area contributed by atoms with E-state index >= 15 is 0 Å². The van der Waals surface area contributed by atoms with Gasteiger partial charge in [-0.25, -0.2) is 8.42 Å². The van der Waals surface area contributed by atoms with E-state index in [1.165, 1.54) is 12.1 Å². The molecule has 0 aliphatic heterocycles. The van der Waals surface area contributed by atoms with Crippen molar-refractivity contribution < 1.29 is 13.2 Å². The van der Waals surface area contributed by atoms with Crippen molar-refractivity contribution in [2.24, 2.45) is 0 Å². The summed E-state index contributed by atoms with van der Waals surface area (Å²) in [5.74, 6) is 2.34. The molecule has 0 saturated heterocycles. The molecule has 24 heavy (non-hydrogen) atoms. The maximum Gasteiger partial charge on any atom is 0.244 e. The van der Waals surface area contributed by atoms with Crippen molar-refractivity contribution in [2.45, 2.75) is 24.3 Å². The number of rotatable bonds is 7. The van der Waals surface area contributed by atoms with Crippen molar-refractivity contribution in [3.8, 4) is 12.3 Å². The smallest absolute Gasteiger partial charge is 0.244 e. The van der Waals surface area contributed by atoms with Crippen LogP contribution < -0.4 is 0 Å². The molecule has 124 valence electrons. The van der Waals surface area contributed by atoms with E-state index in [4.69, 9.17) is 6.42 Å². The van der Waals surface area contributed by atoms with Crippen LogP contribution in [0.3, 0.4) is 0 Å². The van der Waals surface area contributed by atoms with E-state index < -0.39 is 16.1 Å². The minimum atomic E-state index is -3.85. The van der Waals surface area contributed by atoms with Gasteiger partial charge < -0.3 is 4.79 Å². The number of benzene rings is 2. The summed E-state index contributed by atoms with van der Waals surface area (Å²) >= 11 is 0. The Hall–Kier alpha value is -2.42. The summed E-state index contributed by atoms with van der Waals surface area (Å²) in [5.41, 5.74) is 1.82. The van der Waals surface area contributed by atoms with Gasteiger partial charge in [-0.15, -0.1) is 6.42 Å². The normalized spacial score (nSPS) is 12.5. The Labute approximate surface area is 143 Å². The van der Waals surface area contributed by atoms with Crippen LogP contribution in [0.5, 0.6) is 0 Å². The molecule has 2 aromatic rings. The SMILES string of the molecule is C#CCN([C@H](C=O)Cc1ccccc1)S(=O)(=O)c1ccc(C)cc1. The Bertz CT molecular complexity index is 821. The largest absolute Gasteiger partial charge is 0.302 e. The van der Waals surface area contributed by atoms with Gasteiger partial charge in [0.05, 0.1) is 17.5 Å². The van der Waals surface area contributed by atoms with E-state index in [0.29, 0.717) is 6.29 Å². The quantitative estimate of drug-likeness (QED) is 0.574. The van der Waals surface area contributed by atoms with Gasteiger partial charge in [0, 0.05) is 0 Å². The van der Waals surface area contributed by atoms with Crippen LogP contribution in [0.1, 0.15) is 11.1 Å². The van der Waals surface area contributed by atoms with Crippen LogP contribution in [0.25, 0.3) is 0 Å². The fourth-order valence-electron chi connectivity index (χ4n) is 2.39. The van der Waals surface area contributed by atoms with Gasteiger partial charge in [-0.2, -0.15) is 4.31 Å². The molecule has 0 unspecified atom stereocenters. The van der Waals surface area contributed by atoms with Crippen LogP contribution in [-0.2, 0) is 21.2 Å². The van der Waals surface area contributed by atoms with Gasteiger partial charge in [-0.1, -0.05) is 53.9 Å². The number of carbonyl (C=O) groups excluding carboxylic acids is 1. The van der Waals surface area contributed by atoms with Gasteiger partial charge in [-0.3, -0.25) is 0 Å². The Balaban J connectivity index is 2.37. The first-order valence-electron chi connectivity index (χ1n) is 7.50. The van der Waals surface area contributed by atoms with E-state index in [0.717, 1.165) is 15.4 Å². The Morgan fingerprint density at radius 3 is 2.29 bits per heavy atom. The first-order chi connectivity index (χ1) is 11.5. The molecule has 2 rings (SSSR count). The Morgan fingerprint density at radius 1 is 1.12 bits per heavy atom. The topological polar surface area (TPSA) is 54.5 Å². The molecule has 0 heterocycles. The van der Waals surface area contributed by atoms with Crippen LogP contribution in [0.2, 0.25) is 0 Å². The van der Waals surface area contributed by atoms with Crippen molar-refractivity contribution in [1.29, 1.82) is 0 Å². The van der Waals surface area contributed by atoms with Gasteiger partial charge >= 0.3 is 0 Å². The highest BCUT2D eigenvalue weighted by molar-refractivity contribution is 7.89. The molecule has 0 radical (unpaired) electrons. The predicted molar refractivity (Wildman–Crippen MR) is 93.9 cm³/mol. The van der Waals surface area contributed by atoms with E-state index in [9.17, 15) is 13.2 Å². The zero-order chi connectivity index (χ0) is 17.6. The van der Waals surface area contributed by atoms with Crippen molar-refractivity contribution in [3.63, 3.8) is 0 Å². The van der Waals surface area contributed by atoms with Gasteiger partial charge in [0.2, 0.25) is 10.0 Å². The summed E-state index contributed by atoms with van der Waals surface area (Å²) in [7, 11) is -3.85. The zero-order valence-electron chi connectivity index (χ0n) is 13.4. The molecule has 0 spiro atoms. The third-order valence-electron chi connectivity index (χ3n) is 3.69. The standard InChI is InChI=1S/C19H19NO3S/c1-3-13-20(18(15-21)14-17-7-5-4-6-8-17)24(22,23)19-11-9-16(2)10-12-19/h1,4-12,15,18H,13-14H2,2H3/t18-/m0/s1. The Kier molecular flexibility index (Phi) is 5.91. The predicted octanol–water partition coefficient (Wildman–Crippen LogP) is 2.43. The first-order valence-corrected chi connectivity index (χ1v) is 8.94. The molecule has 4 nitrogen and oxygen atoms in total. The van der Waals surface area contributed by atoms with Crippen LogP contribution in [0, 0.1) is 19.3 Å². The number of aryl methyl sites for hydroxylation is 1. The first kappa shape index (κ1) is 17.9.